The summed E-state index contributed by atoms with van der Waals surface area (Å²) in [5.41, 5.74) is 0.917. The van der Waals surface area contributed by atoms with Crippen LogP contribution in [0.3, 0.4) is 0 Å². The smallest absolute Gasteiger partial charge is 0.182 e. The van der Waals surface area contributed by atoms with Crippen molar-refractivity contribution in [1.82, 2.24) is 19.7 Å². The van der Waals surface area contributed by atoms with E-state index in [1.807, 2.05) is 12.1 Å². The first-order valence-corrected chi connectivity index (χ1v) is 4.79. The molecule has 0 spiro atoms. The summed E-state index contributed by atoms with van der Waals surface area (Å²) in [6, 6.07) is 3.78. The average Bonchev–Trinajstić information content (AvgIpc) is 2.68. The highest BCUT2D eigenvalue weighted by Crippen LogP contribution is 2.11. The van der Waals surface area contributed by atoms with Crippen LogP contribution >= 0.6 is 11.6 Å². The van der Waals surface area contributed by atoms with Crippen LogP contribution in [0.4, 0.5) is 0 Å². The molecule has 0 aromatic carbocycles. The Morgan fingerprint density at radius 1 is 1.43 bits per heavy atom. The van der Waals surface area contributed by atoms with E-state index in [2.05, 4.69) is 15.1 Å². The van der Waals surface area contributed by atoms with Crippen LogP contribution in [0.2, 0.25) is 0 Å². The molecule has 2 rings (SSSR count). The Kier molecular flexibility index (Phi) is 2.74. The fraction of sp³-hybridized carbons (Fsp3) is 0.222. The van der Waals surface area contributed by atoms with Crippen molar-refractivity contribution in [3.05, 3.63) is 30.9 Å². The van der Waals surface area contributed by atoms with Gasteiger partial charge >= 0.3 is 0 Å². The summed E-state index contributed by atoms with van der Waals surface area (Å²) >= 11 is 5.59. The predicted molar refractivity (Wildman–Crippen MR) is 54.0 cm³/mol. The topological polar surface area (TPSA) is 43.6 Å². The highest BCUT2D eigenvalue weighted by molar-refractivity contribution is 6.17. The molecule has 0 aliphatic heterocycles. The van der Waals surface area contributed by atoms with Crippen molar-refractivity contribution in [1.29, 1.82) is 0 Å². The van der Waals surface area contributed by atoms with Crippen LogP contribution in [0, 0.1) is 0 Å². The summed E-state index contributed by atoms with van der Waals surface area (Å²) in [4.78, 5) is 8.16. The fourth-order valence-electron chi connectivity index (χ4n) is 1.12. The van der Waals surface area contributed by atoms with E-state index in [1.54, 1.807) is 23.4 Å². The van der Waals surface area contributed by atoms with E-state index in [4.69, 9.17) is 11.6 Å². The summed E-state index contributed by atoms with van der Waals surface area (Å²) in [5, 5.41) is 4.25. The molecule has 2 aromatic rings. The lowest BCUT2D eigenvalue weighted by atomic mass is 10.3. The Morgan fingerprint density at radius 2 is 2.36 bits per heavy atom. The lowest BCUT2D eigenvalue weighted by Crippen LogP contribution is -1.99. The standard InChI is InChI=1S/C9H9ClN4/c10-3-5-14-7-12-9(13-14)8-2-1-4-11-6-8/h1-2,4,6-7H,3,5H2. The van der Waals surface area contributed by atoms with Crippen molar-refractivity contribution in [3.8, 4) is 11.4 Å². The minimum absolute atomic E-state index is 0.538. The van der Waals surface area contributed by atoms with Crippen LogP contribution < -0.4 is 0 Å². The maximum atomic E-state index is 5.59. The molecule has 14 heavy (non-hydrogen) atoms. The first-order chi connectivity index (χ1) is 6.90. The molecule has 0 amide bonds. The molecule has 0 N–H and O–H groups in total. The Hall–Kier alpha value is -1.42. The highest BCUT2D eigenvalue weighted by Gasteiger charge is 2.02. The number of hydrogen-bond donors (Lipinski definition) is 0. The summed E-state index contributed by atoms with van der Waals surface area (Å²) < 4.78 is 1.72. The van der Waals surface area contributed by atoms with Crippen molar-refractivity contribution in [2.24, 2.45) is 0 Å². The lowest BCUT2D eigenvalue weighted by molar-refractivity contribution is 0.664. The van der Waals surface area contributed by atoms with Crippen LogP contribution in [0.1, 0.15) is 0 Å². The van der Waals surface area contributed by atoms with Crippen LogP contribution in [-0.4, -0.2) is 25.6 Å². The van der Waals surface area contributed by atoms with E-state index in [-0.39, 0.29) is 0 Å². The van der Waals surface area contributed by atoms with E-state index in [9.17, 15) is 0 Å². The fourth-order valence-corrected chi connectivity index (χ4v) is 1.29. The summed E-state index contributed by atoms with van der Waals surface area (Å²) in [6.45, 7) is 0.675. The Bertz CT molecular complexity index is 398. The van der Waals surface area contributed by atoms with Crippen LogP contribution in [0.15, 0.2) is 30.9 Å². The first kappa shape index (κ1) is 9.15. The van der Waals surface area contributed by atoms with Gasteiger partial charge in [0.1, 0.15) is 6.33 Å². The van der Waals surface area contributed by atoms with Gasteiger partial charge in [0.2, 0.25) is 0 Å². The van der Waals surface area contributed by atoms with E-state index in [0.29, 0.717) is 18.2 Å². The average molecular weight is 209 g/mol. The zero-order valence-corrected chi connectivity index (χ0v) is 8.22. The summed E-state index contributed by atoms with van der Waals surface area (Å²) in [6.07, 6.45) is 5.13. The molecule has 72 valence electrons. The third-order valence-corrected chi connectivity index (χ3v) is 1.94. The second-order valence-corrected chi connectivity index (χ2v) is 3.14. The van der Waals surface area contributed by atoms with E-state index in [1.165, 1.54) is 0 Å². The number of aryl methyl sites for hydroxylation is 1. The van der Waals surface area contributed by atoms with Crippen LogP contribution in [0.5, 0.6) is 0 Å². The molecule has 0 radical (unpaired) electrons. The molecule has 0 aliphatic rings. The quantitative estimate of drug-likeness (QED) is 0.720. The normalized spacial score (nSPS) is 10.4. The lowest BCUT2D eigenvalue weighted by Gasteiger charge is -1.94. The molecule has 0 fully saturated rings. The maximum Gasteiger partial charge on any atom is 0.182 e. The number of rotatable bonds is 3. The minimum Gasteiger partial charge on any atom is -0.264 e. The summed E-state index contributed by atoms with van der Waals surface area (Å²) in [5.74, 6) is 1.22. The van der Waals surface area contributed by atoms with Gasteiger partial charge in [-0.15, -0.1) is 11.6 Å². The largest absolute Gasteiger partial charge is 0.264 e. The van der Waals surface area contributed by atoms with Crippen molar-refractivity contribution in [2.45, 2.75) is 6.54 Å². The molecule has 4 nitrogen and oxygen atoms in total. The van der Waals surface area contributed by atoms with Crippen LogP contribution in [-0.2, 0) is 6.54 Å². The van der Waals surface area contributed by atoms with E-state index in [0.717, 1.165) is 5.56 Å². The van der Waals surface area contributed by atoms with Crippen molar-refractivity contribution in [2.75, 3.05) is 5.88 Å². The van der Waals surface area contributed by atoms with Gasteiger partial charge in [0.05, 0.1) is 6.54 Å². The molecule has 2 aromatic heterocycles. The van der Waals surface area contributed by atoms with E-state index < -0.39 is 0 Å². The van der Waals surface area contributed by atoms with Gasteiger partial charge in [0.15, 0.2) is 5.82 Å². The Balaban J connectivity index is 2.25. The third kappa shape index (κ3) is 1.90. The Morgan fingerprint density at radius 3 is 3.07 bits per heavy atom. The molecule has 0 atom stereocenters. The molecular weight excluding hydrogens is 200 g/mol. The number of pyridine rings is 1. The van der Waals surface area contributed by atoms with Gasteiger partial charge in [-0.05, 0) is 12.1 Å². The van der Waals surface area contributed by atoms with Crippen LogP contribution in [0.25, 0.3) is 11.4 Å². The molecule has 0 unspecified atom stereocenters. The zero-order valence-electron chi connectivity index (χ0n) is 7.47. The highest BCUT2D eigenvalue weighted by atomic mass is 35.5. The molecule has 0 saturated heterocycles. The number of nitrogens with zero attached hydrogens (tertiary/aromatic N) is 4. The second-order valence-electron chi connectivity index (χ2n) is 2.76. The monoisotopic (exact) mass is 208 g/mol. The van der Waals surface area contributed by atoms with Gasteiger partial charge in [0, 0.05) is 23.8 Å². The van der Waals surface area contributed by atoms with Gasteiger partial charge in [-0.3, -0.25) is 9.67 Å². The maximum absolute atomic E-state index is 5.59. The molecule has 0 bridgehead atoms. The number of aromatic nitrogens is 4. The third-order valence-electron chi connectivity index (χ3n) is 1.77. The van der Waals surface area contributed by atoms with Crippen molar-refractivity contribution < 1.29 is 0 Å². The minimum atomic E-state index is 0.538. The summed E-state index contributed by atoms with van der Waals surface area (Å²) in [7, 11) is 0. The zero-order chi connectivity index (χ0) is 9.80. The van der Waals surface area contributed by atoms with Crippen molar-refractivity contribution in [3.63, 3.8) is 0 Å². The number of hydrogen-bond acceptors (Lipinski definition) is 3. The number of alkyl halides is 1. The second kappa shape index (κ2) is 4.19. The molecule has 2 heterocycles. The molecule has 5 heteroatoms. The van der Waals surface area contributed by atoms with Gasteiger partial charge in [-0.1, -0.05) is 0 Å². The predicted octanol–water partition coefficient (Wildman–Crippen LogP) is 1.58. The SMILES string of the molecule is ClCCn1cnc(-c2cccnc2)n1. The molecule has 0 aliphatic carbocycles. The van der Waals surface area contributed by atoms with Gasteiger partial charge in [-0.2, -0.15) is 5.10 Å². The van der Waals surface area contributed by atoms with Gasteiger partial charge < -0.3 is 0 Å². The van der Waals surface area contributed by atoms with Gasteiger partial charge in [0.25, 0.3) is 0 Å². The first-order valence-electron chi connectivity index (χ1n) is 4.26. The van der Waals surface area contributed by atoms with Gasteiger partial charge in [-0.25, -0.2) is 4.98 Å². The van der Waals surface area contributed by atoms with Crippen molar-refractivity contribution >= 4 is 11.6 Å². The Labute approximate surface area is 86.6 Å². The van der Waals surface area contributed by atoms with E-state index >= 15 is 0 Å². The molecule has 0 saturated carbocycles. The molecular formula is C9H9ClN4. The number of halogens is 1.